The number of esters is 1. The van der Waals surface area contributed by atoms with E-state index in [1.807, 2.05) is 43.3 Å². The fourth-order valence-electron chi connectivity index (χ4n) is 2.89. The maximum absolute atomic E-state index is 12.1. The Bertz CT molecular complexity index is 651. The highest BCUT2D eigenvalue weighted by atomic mass is 16.5. The zero-order chi connectivity index (χ0) is 16.2. The highest BCUT2D eigenvalue weighted by Gasteiger charge is 2.45. The first kappa shape index (κ1) is 15.8. The molecule has 4 nitrogen and oxygen atoms in total. The van der Waals surface area contributed by atoms with Crippen molar-refractivity contribution < 1.29 is 9.53 Å². The molecule has 22 heavy (non-hydrogen) atoms. The van der Waals surface area contributed by atoms with Gasteiger partial charge >= 0.3 is 5.97 Å². The summed E-state index contributed by atoms with van der Waals surface area (Å²) in [5.41, 5.74) is 0.219. The van der Waals surface area contributed by atoms with E-state index < -0.39 is 11.3 Å². The minimum Gasteiger partial charge on any atom is -0.466 e. The molecule has 1 aliphatic rings. The van der Waals surface area contributed by atoms with Gasteiger partial charge in [0.15, 0.2) is 5.41 Å². The van der Waals surface area contributed by atoms with Gasteiger partial charge in [0.25, 0.3) is 0 Å². The Kier molecular flexibility index (Phi) is 4.63. The Morgan fingerprint density at radius 3 is 2.50 bits per heavy atom. The number of ether oxygens (including phenoxy) is 1. The van der Waals surface area contributed by atoms with Crippen LogP contribution in [-0.4, -0.2) is 12.6 Å². The molecule has 0 aromatic heterocycles. The van der Waals surface area contributed by atoms with Crippen LogP contribution in [0, 0.1) is 39.9 Å². The second-order valence-corrected chi connectivity index (χ2v) is 5.50. The van der Waals surface area contributed by atoms with Gasteiger partial charge in [-0.3, -0.25) is 4.79 Å². The molecule has 0 heterocycles. The van der Waals surface area contributed by atoms with E-state index >= 15 is 0 Å². The number of hydrogen-bond donors (Lipinski definition) is 0. The predicted octanol–water partition coefficient (Wildman–Crippen LogP) is 3.32. The summed E-state index contributed by atoms with van der Waals surface area (Å²) in [6.45, 7) is 3.96. The average molecular weight is 294 g/mol. The topological polar surface area (TPSA) is 73.9 Å². The summed E-state index contributed by atoms with van der Waals surface area (Å²) in [5, 5.41) is 19.2. The normalized spacial score (nSPS) is 22.8. The first-order valence-corrected chi connectivity index (χ1v) is 7.35. The molecule has 0 amide bonds. The van der Waals surface area contributed by atoms with E-state index in [1.54, 1.807) is 6.92 Å². The lowest BCUT2D eigenvalue weighted by atomic mass is 9.65. The van der Waals surface area contributed by atoms with Crippen LogP contribution in [0.25, 0.3) is 5.57 Å². The summed E-state index contributed by atoms with van der Waals surface area (Å²) < 4.78 is 5.09. The van der Waals surface area contributed by atoms with Crippen molar-refractivity contribution in [3.05, 3.63) is 42.0 Å². The van der Waals surface area contributed by atoms with E-state index in [4.69, 9.17) is 4.74 Å². The van der Waals surface area contributed by atoms with Crippen LogP contribution in [0.5, 0.6) is 0 Å². The molecule has 2 atom stereocenters. The van der Waals surface area contributed by atoms with E-state index in [0.717, 1.165) is 5.56 Å². The van der Waals surface area contributed by atoms with Crippen molar-refractivity contribution in [2.24, 2.45) is 17.3 Å². The van der Waals surface area contributed by atoms with Crippen molar-refractivity contribution in [2.45, 2.75) is 20.3 Å². The largest absolute Gasteiger partial charge is 0.466 e. The lowest BCUT2D eigenvalue weighted by Crippen LogP contribution is -2.35. The highest BCUT2D eigenvalue weighted by Crippen LogP contribution is 2.46. The average Bonchev–Trinajstić information content (AvgIpc) is 2.56. The lowest BCUT2D eigenvalue weighted by Gasteiger charge is -2.34. The van der Waals surface area contributed by atoms with Crippen molar-refractivity contribution in [3.8, 4) is 12.1 Å². The third kappa shape index (κ3) is 2.73. The van der Waals surface area contributed by atoms with Crippen LogP contribution < -0.4 is 0 Å². The molecule has 2 rings (SSSR count). The van der Waals surface area contributed by atoms with Crippen molar-refractivity contribution in [2.75, 3.05) is 6.61 Å². The molecule has 0 N–H and O–H groups in total. The molecule has 0 aliphatic heterocycles. The number of carbonyl (C=O) groups excluding carboxylic acids is 1. The Morgan fingerprint density at radius 1 is 1.32 bits per heavy atom. The predicted molar refractivity (Wildman–Crippen MR) is 82.0 cm³/mol. The molecule has 4 heteroatoms. The second kappa shape index (κ2) is 6.45. The maximum atomic E-state index is 12.1. The zero-order valence-corrected chi connectivity index (χ0v) is 12.7. The van der Waals surface area contributed by atoms with Gasteiger partial charge < -0.3 is 4.74 Å². The summed E-state index contributed by atoms with van der Waals surface area (Å²) in [5.74, 6) is -0.885. The van der Waals surface area contributed by atoms with Gasteiger partial charge in [-0.05, 0) is 30.4 Å². The fourth-order valence-corrected chi connectivity index (χ4v) is 2.89. The second-order valence-electron chi connectivity index (χ2n) is 5.50. The lowest BCUT2D eigenvalue weighted by molar-refractivity contribution is -0.150. The Hall–Kier alpha value is -2.59. The molecule has 0 bridgehead atoms. The minimum atomic E-state index is -1.31. The van der Waals surface area contributed by atoms with Gasteiger partial charge in [-0.15, -0.1) is 0 Å². The standard InChI is InChI=1S/C18H18N2O2/c1-3-22-17(21)15-10-18(11-19,12-20)16(9-13(15)2)14-7-5-4-6-8-14/h4-9,13,15H,3,10H2,1-2H3. The summed E-state index contributed by atoms with van der Waals surface area (Å²) >= 11 is 0. The summed E-state index contributed by atoms with van der Waals surface area (Å²) in [4.78, 5) is 12.1. The maximum Gasteiger partial charge on any atom is 0.309 e. The summed E-state index contributed by atoms with van der Waals surface area (Å²) in [6.07, 6.45) is 2.04. The number of allylic oxidation sites excluding steroid dienone is 2. The smallest absolute Gasteiger partial charge is 0.309 e. The number of nitriles is 2. The van der Waals surface area contributed by atoms with E-state index in [-0.39, 0.29) is 18.3 Å². The Morgan fingerprint density at radius 2 is 1.95 bits per heavy atom. The monoisotopic (exact) mass is 294 g/mol. The van der Waals surface area contributed by atoms with E-state index in [1.165, 1.54) is 0 Å². The summed E-state index contributed by atoms with van der Waals surface area (Å²) in [7, 11) is 0. The number of benzene rings is 1. The molecular weight excluding hydrogens is 276 g/mol. The van der Waals surface area contributed by atoms with Gasteiger partial charge in [0.2, 0.25) is 0 Å². The van der Waals surface area contributed by atoms with Crippen LogP contribution in [0.1, 0.15) is 25.8 Å². The molecule has 0 radical (unpaired) electrons. The molecule has 0 spiro atoms. The first-order chi connectivity index (χ1) is 10.6. The molecular formula is C18H18N2O2. The van der Waals surface area contributed by atoms with Gasteiger partial charge in [-0.1, -0.05) is 43.3 Å². The number of hydrogen-bond acceptors (Lipinski definition) is 4. The molecule has 0 saturated heterocycles. The van der Waals surface area contributed by atoms with Gasteiger partial charge in [-0.2, -0.15) is 10.5 Å². The SMILES string of the molecule is CCOC(=O)C1CC(C#N)(C#N)C(c2ccccc2)=CC1C. The first-order valence-electron chi connectivity index (χ1n) is 7.35. The molecule has 1 aliphatic carbocycles. The van der Waals surface area contributed by atoms with Crippen LogP contribution in [0.4, 0.5) is 0 Å². The van der Waals surface area contributed by atoms with Gasteiger partial charge in [-0.25, -0.2) is 0 Å². The van der Waals surface area contributed by atoms with Crippen molar-refractivity contribution >= 4 is 11.5 Å². The third-order valence-corrected chi connectivity index (χ3v) is 4.11. The van der Waals surface area contributed by atoms with Crippen LogP contribution in [0.2, 0.25) is 0 Å². The third-order valence-electron chi connectivity index (χ3n) is 4.11. The van der Waals surface area contributed by atoms with Crippen molar-refractivity contribution in [3.63, 3.8) is 0 Å². The number of nitrogens with zero attached hydrogens (tertiary/aromatic N) is 2. The van der Waals surface area contributed by atoms with Gasteiger partial charge in [0, 0.05) is 0 Å². The summed E-state index contributed by atoms with van der Waals surface area (Å²) in [6, 6.07) is 13.6. The highest BCUT2D eigenvalue weighted by molar-refractivity contribution is 5.81. The van der Waals surface area contributed by atoms with E-state index in [2.05, 4.69) is 12.1 Å². The van der Waals surface area contributed by atoms with Crippen molar-refractivity contribution in [1.82, 2.24) is 0 Å². The van der Waals surface area contributed by atoms with Crippen LogP contribution in [0.15, 0.2) is 36.4 Å². The van der Waals surface area contributed by atoms with Crippen molar-refractivity contribution in [1.29, 1.82) is 10.5 Å². The van der Waals surface area contributed by atoms with Gasteiger partial charge in [0.1, 0.15) is 0 Å². The van der Waals surface area contributed by atoms with E-state index in [0.29, 0.717) is 12.2 Å². The zero-order valence-electron chi connectivity index (χ0n) is 12.7. The minimum absolute atomic E-state index is 0.0796. The quantitative estimate of drug-likeness (QED) is 0.801. The van der Waals surface area contributed by atoms with E-state index in [9.17, 15) is 15.3 Å². The molecule has 2 unspecified atom stereocenters. The van der Waals surface area contributed by atoms with Crippen LogP contribution in [-0.2, 0) is 9.53 Å². The fraction of sp³-hybridized carbons (Fsp3) is 0.389. The molecule has 0 saturated carbocycles. The Balaban J connectivity index is 2.49. The molecule has 112 valence electrons. The van der Waals surface area contributed by atoms with Crippen LogP contribution >= 0.6 is 0 Å². The number of rotatable bonds is 3. The van der Waals surface area contributed by atoms with Gasteiger partial charge in [0.05, 0.1) is 24.7 Å². The molecule has 0 fully saturated rings. The Labute approximate surface area is 130 Å². The molecule has 1 aromatic rings. The van der Waals surface area contributed by atoms with Crippen LogP contribution in [0.3, 0.4) is 0 Å². The molecule has 1 aromatic carbocycles. The number of carbonyl (C=O) groups is 1.